The van der Waals surface area contributed by atoms with E-state index in [2.05, 4.69) is 15.7 Å². The SMILES string of the molecule is Cc1cnn(Cc2cccc(F)c2)c1NC(=O)[C@@H]1C=CCN1. The summed E-state index contributed by atoms with van der Waals surface area (Å²) in [6.45, 7) is 2.97. The summed E-state index contributed by atoms with van der Waals surface area (Å²) in [6.07, 6.45) is 5.44. The van der Waals surface area contributed by atoms with Crippen molar-refractivity contribution < 1.29 is 9.18 Å². The van der Waals surface area contributed by atoms with Gasteiger partial charge in [0.05, 0.1) is 12.7 Å². The number of aryl methyl sites for hydroxylation is 1. The van der Waals surface area contributed by atoms with Crippen molar-refractivity contribution in [2.45, 2.75) is 19.5 Å². The number of hydrogen-bond acceptors (Lipinski definition) is 3. The van der Waals surface area contributed by atoms with Gasteiger partial charge in [-0.1, -0.05) is 24.3 Å². The van der Waals surface area contributed by atoms with Crippen LogP contribution in [-0.2, 0) is 11.3 Å². The third kappa shape index (κ3) is 3.07. The molecule has 2 N–H and O–H groups in total. The molecule has 0 saturated carbocycles. The first-order valence-electron chi connectivity index (χ1n) is 7.11. The summed E-state index contributed by atoms with van der Waals surface area (Å²) in [7, 11) is 0. The van der Waals surface area contributed by atoms with Crippen LogP contribution in [0.4, 0.5) is 10.2 Å². The number of nitrogens with zero attached hydrogens (tertiary/aromatic N) is 2. The maximum atomic E-state index is 13.3. The lowest BCUT2D eigenvalue weighted by molar-refractivity contribution is -0.117. The van der Waals surface area contributed by atoms with Crippen molar-refractivity contribution in [3.63, 3.8) is 0 Å². The molecule has 1 aliphatic rings. The standard InChI is InChI=1S/C16H17FN4O/c1-11-9-19-21(10-12-4-2-5-13(17)8-12)15(11)20-16(22)14-6-3-7-18-14/h2-6,8-9,14,18H,7,10H2,1H3,(H,20,22)/t14-/m0/s1. The van der Waals surface area contributed by atoms with E-state index in [1.54, 1.807) is 16.9 Å². The molecule has 3 rings (SSSR count). The van der Waals surface area contributed by atoms with Crippen molar-refractivity contribution in [1.82, 2.24) is 15.1 Å². The summed E-state index contributed by atoms with van der Waals surface area (Å²) in [5.41, 5.74) is 1.66. The monoisotopic (exact) mass is 300 g/mol. The minimum atomic E-state index is -0.322. The summed E-state index contributed by atoms with van der Waals surface area (Å²) in [6, 6.07) is 6.03. The summed E-state index contributed by atoms with van der Waals surface area (Å²) in [5.74, 6) is 0.224. The third-order valence-electron chi connectivity index (χ3n) is 3.55. The number of rotatable bonds is 4. The minimum absolute atomic E-state index is 0.127. The highest BCUT2D eigenvalue weighted by molar-refractivity contribution is 5.96. The molecule has 1 aliphatic heterocycles. The van der Waals surface area contributed by atoms with Crippen LogP contribution in [0.1, 0.15) is 11.1 Å². The molecule has 1 aromatic carbocycles. The molecule has 0 saturated heterocycles. The van der Waals surface area contributed by atoms with Crippen molar-refractivity contribution in [2.24, 2.45) is 0 Å². The topological polar surface area (TPSA) is 59.0 Å². The zero-order valence-electron chi connectivity index (χ0n) is 12.2. The predicted octanol–water partition coefficient (Wildman–Crippen LogP) is 1.85. The van der Waals surface area contributed by atoms with Gasteiger partial charge < -0.3 is 5.32 Å². The predicted molar refractivity (Wildman–Crippen MR) is 82.0 cm³/mol. The van der Waals surface area contributed by atoms with E-state index in [0.29, 0.717) is 18.9 Å². The van der Waals surface area contributed by atoms with Crippen molar-refractivity contribution >= 4 is 11.7 Å². The minimum Gasteiger partial charge on any atom is -0.309 e. The normalized spacial score (nSPS) is 16.9. The summed E-state index contributed by atoms with van der Waals surface area (Å²) >= 11 is 0. The van der Waals surface area contributed by atoms with Crippen LogP contribution in [0, 0.1) is 12.7 Å². The molecule has 1 amide bonds. The zero-order valence-corrected chi connectivity index (χ0v) is 12.2. The molecule has 0 bridgehead atoms. The van der Waals surface area contributed by atoms with Gasteiger partial charge in [0.15, 0.2) is 0 Å². The van der Waals surface area contributed by atoms with E-state index >= 15 is 0 Å². The van der Waals surface area contributed by atoms with Crippen LogP contribution in [-0.4, -0.2) is 28.3 Å². The lowest BCUT2D eigenvalue weighted by Gasteiger charge is -2.13. The number of aromatic nitrogens is 2. The van der Waals surface area contributed by atoms with Crippen LogP contribution in [0.25, 0.3) is 0 Å². The zero-order chi connectivity index (χ0) is 15.5. The molecule has 5 nitrogen and oxygen atoms in total. The Hall–Kier alpha value is -2.47. The van der Waals surface area contributed by atoms with E-state index in [0.717, 1.165) is 11.1 Å². The van der Waals surface area contributed by atoms with Crippen molar-refractivity contribution in [3.05, 3.63) is 59.6 Å². The average Bonchev–Trinajstić information content (AvgIpc) is 3.12. The lowest BCUT2D eigenvalue weighted by Crippen LogP contribution is -2.36. The Kier molecular flexibility index (Phi) is 4.02. The van der Waals surface area contributed by atoms with Gasteiger partial charge in [0.1, 0.15) is 17.7 Å². The maximum absolute atomic E-state index is 13.3. The largest absolute Gasteiger partial charge is 0.309 e. The molecular weight excluding hydrogens is 283 g/mol. The van der Waals surface area contributed by atoms with E-state index in [1.165, 1.54) is 12.1 Å². The summed E-state index contributed by atoms with van der Waals surface area (Å²) in [4.78, 5) is 12.2. The van der Waals surface area contributed by atoms with Gasteiger partial charge >= 0.3 is 0 Å². The first kappa shape index (κ1) is 14.5. The Morgan fingerprint density at radius 3 is 3.14 bits per heavy atom. The molecule has 1 aromatic heterocycles. The fourth-order valence-electron chi connectivity index (χ4n) is 2.41. The Bertz CT molecular complexity index is 723. The first-order valence-corrected chi connectivity index (χ1v) is 7.11. The summed E-state index contributed by atoms with van der Waals surface area (Å²) in [5, 5.41) is 10.2. The molecule has 1 atom stereocenters. The van der Waals surface area contributed by atoms with Crippen LogP contribution >= 0.6 is 0 Å². The van der Waals surface area contributed by atoms with Gasteiger partial charge in [0.25, 0.3) is 0 Å². The van der Waals surface area contributed by atoms with Gasteiger partial charge in [0, 0.05) is 12.1 Å². The first-order chi connectivity index (χ1) is 10.6. The van der Waals surface area contributed by atoms with Gasteiger partial charge in [-0.25, -0.2) is 9.07 Å². The van der Waals surface area contributed by atoms with Gasteiger partial charge in [0.2, 0.25) is 5.91 Å². The van der Waals surface area contributed by atoms with Gasteiger partial charge in [-0.2, -0.15) is 5.10 Å². The second kappa shape index (κ2) is 6.11. The van der Waals surface area contributed by atoms with Crippen LogP contribution < -0.4 is 10.6 Å². The Labute approximate surface area is 127 Å². The van der Waals surface area contributed by atoms with E-state index in [4.69, 9.17) is 0 Å². The Morgan fingerprint density at radius 1 is 1.55 bits per heavy atom. The van der Waals surface area contributed by atoms with Crippen LogP contribution in [0.3, 0.4) is 0 Å². The maximum Gasteiger partial charge on any atom is 0.246 e. The summed E-state index contributed by atoms with van der Waals surface area (Å²) < 4.78 is 14.9. The number of carbonyl (C=O) groups excluding carboxylic acids is 1. The molecule has 114 valence electrons. The van der Waals surface area contributed by atoms with Crippen LogP contribution in [0.5, 0.6) is 0 Å². The Balaban J connectivity index is 1.78. The van der Waals surface area contributed by atoms with E-state index in [9.17, 15) is 9.18 Å². The quantitative estimate of drug-likeness (QED) is 0.847. The molecule has 22 heavy (non-hydrogen) atoms. The number of nitrogens with one attached hydrogen (secondary N) is 2. The highest BCUT2D eigenvalue weighted by Gasteiger charge is 2.20. The van der Waals surface area contributed by atoms with E-state index in [1.807, 2.05) is 25.1 Å². The second-order valence-corrected chi connectivity index (χ2v) is 5.27. The van der Waals surface area contributed by atoms with Crippen molar-refractivity contribution in [3.8, 4) is 0 Å². The highest BCUT2D eigenvalue weighted by atomic mass is 19.1. The van der Waals surface area contributed by atoms with Gasteiger partial charge in [-0.15, -0.1) is 0 Å². The number of benzene rings is 1. The van der Waals surface area contributed by atoms with Gasteiger partial charge in [-0.05, 0) is 24.6 Å². The molecule has 0 aliphatic carbocycles. The number of halogens is 1. The molecule has 0 unspecified atom stereocenters. The smallest absolute Gasteiger partial charge is 0.246 e. The van der Waals surface area contributed by atoms with E-state index < -0.39 is 0 Å². The number of amides is 1. The van der Waals surface area contributed by atoms with Crippen LogP contribution in [0.15, 0.2) is 42.6 Å². The number of hydrogen-bond donors (Lipinski definition) is 2. The fourth-order valence-corrected chi connectivity index (χ4v) is 2.41. The lowest BCUT2D eigenvalue weighted by atomic mass is 10.2. The molecule has 2 heterocycles. The van der Waals surface area contributed by atoms with Crippen molar-refractivity contribution in [2.75, 3.05) is 11.9 Å². The fraction of sp³-hybridized carbons (Fsp3) is 0.250. The van der Waals surface area contributed by atoms with Crippen molar-refractivity contribution in [1.29, 1.82) is 0 Å². The molecule has 0 spiro atoms. The molecular formula is C16H17FN4O. The second-order valence-electron chi connectivity index (χ2n) is 5.27. The highest BCUT2D eigenvalue weighted by Crippen LogP contribution is 2.17. The molecule has 0 radical (unpaired) electrons. The number of carbonyl (C=O) groups is 1. The number of anilines is 1. The molecule has 2 aromatic rings. The Morgan fingerprint density at radius 2 is 2.41 bits per heavy atom. The third-order valence-corrected chi connectivity index (χ3v) is 3.55. The van der Waals surface area contributed by atoms with Gasteiger partial charge in [-0.3, -0.25) is 10.1 Å². The van der Waals surface area contributed by atoms with E-state index in [-0.39, 0.29) is 17.8 Å². The average molecular weight is 300 g/mol. The molecule has 0 fully saturated rings. The van der Waals surface area contributed by atoms with Crippen LogP contribution in [0.2, 0.25) is 0 Å². The molecule has 6 heteroatoms.